The molecular weight excluding hydrogens is 212 g/mol. The fourth-order valence-corrected chi connectivity index (χ4v) is 1.39. The van der Waals surface area contributed by atoms with Crippen molar-refractivity contribution in [3.63, 3.8) is 0 Å². The largest absolute Gasteiger partial charge is 0.333 e. The Morgan fingerprint density at radius 1 is 1.57 bits per heavy atom. The summed E-state index contributed by atoms with van der Waals surface area (Å²) in [4.78, 5) is 0. The van der Waals surface area contributed by atoms with Gasteiger partial charge in [-0.2, -0.15) is 13.9 Å². The Balaban J connectivity index is 3.10. The van der Waals surface area contributed by atoms with Crippen molar-refractivity contribution in [3.8, 4) is 0 Å². The molecule has 6 heteroatoms. The molecule has 0 bridgehead atoms. The quantitative estimate of drug-likeness (QED) is 0.853. The first-order chi connectivity index (χ1) is 6.38. The minimum absolute atomic E-state index is 0.240. The predicted molar refractivity (Wildman–Crippen MR) is 50.6 cm³/mol. The Labute approximate surface area is 86.0 Å². The van der Waals surface area contributed by atoms with E-state index in [1.807, 2.05) is 13.8 Å². The summed E-state index contributed by atoms with van der Waals surface area (Å²) >= 11 is 5.80. The Morgan fingerprint density at radius 3 is 2.50 bits per heavy atom. The highest BCUT2D eigenvalue weighted by Gasteiger charge is 2.26. The topological polar surface area (TPSA) is 29.9 Å². The van der Waals surface area contributed by atoms with Gasteiger partial charge in [0.15, 0.2) is 0 Å². The molecule has 0 atom stereocenters. The van der Waals surface area contributed by atoms with Crippen molar-refractivity contribution in [2.45, 2.75) is 25.9 Å². The highest BCUT2D eigenvalue weighted by Crippen LogP contribution is 2.27. The highest BCUT2D eigenvalue weighted by molar-refractivity contribution is 6.31. The average Bonchev–Trinajstić information content (AvgIpc) is 2.48. The van der Waals surface area contributed by atoms with E-state index in [4.69, 9.17) is 11.6 Å². The summed E-state index contributed by atoms with van der Waals surface area (Å²) < 4.78 is 25.1. The molecule has 1 heterocycles. The standard InChI is InChI=1S/C8H12ClF2N3/c1-8(2,12-3)6-5(9)4-14(13-6)7(10)11/h4,7,12H,1-3H3. The Hall–Kier alpha value is -0.680. The third-order valence-electron chi connectivity index (χ3n) is 2.10. The number of hydrogen-bond donors (Lipinski definition) is 1. The number of aromatic nitrogens is 2. The lowest BCUT2D eigenvalue weighted by Crippen LogP contribution is -2.34. The second-order valence-corrected chi connectivity index (χ2v) is 3.87. The number of nitrogens with one attached hydrogen (secondary N) is 1. The SMILES string of the molecule is CNC(C)(C)c1nn(C(F)F)cc1Cl. The van der Waals surface area contributed by atoms with Gasteiger partial charge in [0, 0.05) is 6.20 Å². The predicted octanol–water partition coefficient (Wildman–Crippen LogP) is 2.39. The van der Waals surface area contributed by atoms with Crippen LogP contribution >= 0.6 is 11.6 Å². The molecule has 0 aliphatic heterocycles. The molecule has 0 aliphatic rings. The number of alkyl halides is 2. The second kappa shape index (κ2) is 3.82. The van der Waals surface area contributed by atoms with Crippen molar-refractivity contribution in [3.05, 3.63) is 16.9 Å². The van der Waals surface area contributed by atoms with E-state index in [0.29, 0.717) is 10.4 Å². The van der Waals surface area contributed by atoms with E-state index in [-0.39, 0.29) is 5.02 Å². The summed E-state index contributed by atoms with van der Waals surface area (Å²) in [5.41, 5.74) is -0.0982. The molecule has 14 heavy (non-hydrogen) atoms. The average molecular weight is 224 g/mol. The molecule has 0 spiro atoms. The molecule has 1 aromatic rings. The molecule has 0 saturated carbocycles. The molecular formula is C8H12ClF2N3. The smallest absolute Gasteiger partial charge is 0.310 e. The molecule has 1 N–H and O–H groups in total. The van der Waals surface area contributed by atoms with Crippen molar-refractivity contribution in [1.82, 2.24) is 15.1 Å². The Bertz CT molecular complexity index is 322. The molecule has 0 fully saturated rings. The van der Waals surface area contributed by atoms with Crippen molar-refractivity contribution in [1.29, 1.82) is 0 Å². The fraction of sp³-hybridized carbons (Fsp3) is 0.625. The fourth-order valence-electron chi connectivity index (χ4n) is 1.01. The van der Waals surface area contributed by atoms with Crippen LogP contribution in [0.4, 0.5) is 8.78 Å². The minimum atomic E-state index is -2.66. The van der Waals surface area contributed by atoms with E-state index in [1.54, 1.807) is 7.05 Å². The molecule has 0 radical (unpaired) electrons. The summed E-state index contributed by atoms with van der Waals surface area (Å²) in [5.74, 6) is 0. The third kappa shape index (κ3) is 2.04. The van der Waals surface area contributed by atoms with Crippen molar-refractivity contribution in [2.24, 2.45) is 0 Å². The van der Waals surface area contributed by atoms with Crippen LogP contribution in [0, 0.1) is 0 Å². The van der Waals surface area contributed by atoms with Gasteiger partial charge in [-0.25, -0.2) is 4.68 Å². The van der Waals surface area contributed by atoms with Gasteiger partial charge in [0.25, 0.3) is 0 Å². The maximum atomic E-state index is 12.3. The monoisotopic (exact) mass is 223 g/mol. The van der Waals surface area contributed by atoms with Crippen LogP contribution in [0.15, 0.2) is 6.20 Å². The highest BCUT2D eigenvalue weighted by atomic mass is 35.5. The molecule has 80 valence electrons. The third-order valence-corrected chi connectivity index (χ3v) is 2.38. The van der Waals surface area contributed by atoms with Gasteiger partial charge in [-0.3, -0.25) is 0 Å². The summed E-state index contributed by atoms with van der Waals surface area (Å²) in [5, 5.41) is 6.91. The first-order valence-corrected chi connectivity index (χ1v) is 4.48. The van der Waals surface area contributed by atoms with Gasteiger partial charge in [-0.15, -0.1) is 0 Å². The molecule has 1 aromatic heterocycles. The van der Waals surface area contributed by atoms with Crippen LogP contribution in [0.5, 0.6) is 0 Å². The van der Waals surface area contributed by atoms with E-state index in [2.05, 4.69) is 10.4 Å². The van der Waals surface area contributed by atoms with E-state index in [9.17, 15) is 8.78 Å². The number of rotatable bonds is 3. The maximum Gasteiger partial charge on any atom is 0.333 e. The zero-order valence-corrected chi connectivity index (χ0v) is 8.94. The lowest BCUT2D eigenvalue weighted by molar-refractivity contribution is 0.0556. The van der Waals surface area contributed by atoms with Gasteiger partial charge in [0.05, 0.1) is 10.6 Å². The maximum absolute atomic E-state index is 12.3. The van der Waals surface area contributed by atoms with Crippen molar-refractivity contribution in [2.75, 3.05) is 7.05 Å². The van der Waals surface area contributed by atoms with E-state index in [1.165, 1.54) is 0 Å². The molecule has 1 rings (SSSR count). The number of halogens is 3. The molecule has 0 unspecified atom stereocenters. The number of hydrogen-bond acceptors (Lipinski definition) is 2. The first-order valence-electron chi connectivity index (χ1n) is 4.10. The van der Waals surface area contributed by atoms with Gasteiger partial charge in [0.2, 0.25) is 0 Å². The van der Waals surface area contributed by atoms with Crippen LogP contribution in [-0.4, -0.2) is 16.8 Å². The first kappa shape index (κ1) is 11.4. The summed E-state index contributed by atoms with van der Waals surface area (Å²) in [7, 11) is 1.72. The molecule has 0 aromatic carbocycles. The zero-order valence-electron chi connectivity index (χ0n) is 8.18. The van der Waals surface area contributed by atoms with Crippen LogP contribution in [-0.2, 0) is 5.54 Å². The lowest BCUT2D eigenvalue weighted by atomic mass is 10.0. The Morgan fingerprint density at radius 2 is 2.14 bits per heavy atom. The van der Waals surface area contributed by atoms with E-state index >= 15 is 0 Å². The molecule has 0 saturated heterocycles. The normalized spacial score (nSPS) is 12.5. The van der Waals surface area contributed by atoms with Crippen molar-refractivity contribution >= 4 is 11.6 Å². The molecule has 0 amide bonds. The van der Waals surface area contributed by atoms with Gasteiger partial charge in [-0.05, 0) is 20.9 Å². The Kier molecular flexibility index (Phi) is 3.11. The van der Waals surface area contributed by atoms with Gasteiger partial charge < -0.3 is 5.32 Å². The number of nitrogens with zero attached hydrogens (tertiary/aromatic N) is 2. The van der Waals surface area contributed by atoms with Crippen molar-refractivity contribution < 1.29 is 8.78 Å². The summed E-state index contributed by atoms with van der Waals surface area (Å²) in [6.07, 6.45) is 1.13. The van der Waals surface area contributed by atoms with Gasteiger partial charge in [-0.1, -0.05) is 11.6 Å². The van der Waals surface area contributed by atoms with Crippen LogP contribution in [0.1, 0.15) is 26.1 Å². The summed E-state index contributed by atoms with van der Waals surface area (Å²) in [6, 6.07) is 0. The van der Waals surface area contributed by atoms with Gasteiger partial charge in [0.1, 0.15) is 5.69 Å². The second-order valence-electron chi connectivity index (χ2n) is 3.46. The molecule has 3 nitrogen and oxygen atoms in total. The van der Waals surface area contributed by atoms with Crippen LogP contribution in [0.25, 0.3) is 0 Å². The summed E-state index contributed by atoms with van der Waals surface area (Å²) in [6.45, 7) is 0.975. The van der Waals surface area contributed by atoms with E-state index < -0.39 is 12.1 Å². The lowest BCUT2D eigenvalue weighted by Gasteiger charge is -2.21. The molecule has 0 aliphatic carbocycles. The zero-order chi connectivity index (χ0) is 10.9. The van der Waals surface area contributed by atoms with Crippen LogP contribution in [0.3, 0.4) is 0 Å². The van der Waals surface area contributed by atoms with E-state index in [0.717, 1.165) is 6.20 Å². The van der Waals surface area contributed by atoms with Crippen LogP contribution in [0.2, 0.25) is 5.02 Å². The van der Waals surface area contributed by atoms with Crippen LogP contribution < -0.4 is 5.32 Å². The van der Waals surface area contributed by atoms with Gasteiger partial charge >= 0.3 is 6.55 Å². The minimum Gasteiger partial charge on any atom is -0.310 e.